The van der Waals surface area contributed by atoms with Crippen molar-refractivity contribution in [2.75, 3.05) is 5.32 Å². The summed E-state index contributed by atoms with van der Waals surface area (Å²) in [6.07, 6.45) is 4.68. The molecule has 2 N–H and O–H groups in total. The monoisotopic (exact) mass is 328 g/mol. The summed E-state index contributed by atoms with van der Waals surface area (Å²) in [5.74, 6) is -2.24. The fourth-order valence-electron chi connectivity index (χ4n) is 3.79. The predicted molar refractivity (Wildman–Crippen MR) is 88.3 cm³/mol. The molecule has 1 amide bonds. The van der Waals surface area contributed by atoms with Crippen molar-refractivity contribution < 1.29 is 14.7 Å². The van der Waals surface area contributed by atoms with Gasteiger partial charge in [-0.05, 0) is 42.9 Å². The Morgan fingerprint density at radius 2 is 2.00 bits per heavy atom. The van der Waals surface area contributed by atoms with Gasteiger partial charge in [0.25, 0.3) is 0 Å². The second-order valence-electron chi connectivity index (χ2n) is 6.32. The lowest BCUT2D eigenvalue weighted by atomic mass is 9.82. The number of thiazole rings is 1. The Morgan fingerprint density at radius 1 is 1.26 bits per heavy atom. The molecule has 6 heteroatoms. The van der Waals surface area contributed by atoms with E-state index in [1.54, 1.807) is 0 Å². The number of amides is 1. The Hall–Kier alpha value is -2.21. The molecule has 0 unspecified atom stereocenters. The molecule has 2 aliphatic rings. The van der Waals surface area contributed by atoms with Crippen LogP contribution in [0.4, 0.5) is 5.13 Å². The van der Waals surface area contributed by atoms with Crippen LogP contribution in [0.15, 0.2) is 30.4 Å². The van der Waals surface area contributed by atoms with Crippen LogP contribution in [0.25, 0.3) is 10.2 Å². The predicted octanol–water partition coefficient (Wildman–Crippen LogP) is 3.07. The number of carbonyl (C=O) groups is 2. The second-order valence-corrected chi connectivity index (χ2v) is 7.35. The Kier molecular flexibility index (Phi) is 3.23. The van der Waals surface area contributed by atoms with Gasteiger partial charge in [0.2, 0.25) is 5.91 Å². The van der Waals surface area contributed by atoms with Crippen molar-refractivity contribution in [3.05, 3.63) is 35.9 Å². The summed E-state index contributed by atoms with van der Waals surface area (Å²) in [4.78, 5) is 28.6. The van der Waals surface area contributed by atoms with Crippen LogP contribution in [0, 0.1) is 30.6 Å². The lowest BCUT2D eigenvalue weighted by molar-refractivity contribution is -0.146. The zero-order chi connectivity index (χ0) is 16.1. The Labute approximate surface area is 137 Å². The van der Waals surface area contributed by atoms with Gasteiger partial charge in [0.15, 0.2) is 5.13 Å². The van der Waals surface area contributed by atoms with Crippen LogP contribution < -0.4 is 5.32 Å². The van der Waals surface area contributed by atoms with Crippen molar-refractivity contribution in [1.29, 1.82) is 0 Å². The quantitative estimate of drug-likeness (QED) is 0.849. The molecule has 1 saturated carbocycles. The van der Waals surface area contributed by atoms with Crippen LogP contribution in [0.5, 0.6) is 0 Å². The van der Waals surface area contributed by atoms with E-state index in [0.29, 0.717) is 5.13 Å². The van der Waals surface area contributed by atoms with Crippen molar-refractivity contribution >= 4 is 38.6 Å². The number of rotatable bonds is 3. The molecule has 0 saturated heterocycles. The van der Waals surface area contributed by atoms with Crippen LogP contribution in [-0.4, -0.2) is 22.0 Å². The minimum absolute atomic E-state index is 0.0220. The van der Waals surface area contributed by atoms with E-state index in [-0.39, 0.29) is 17.7 Å². The maximum absolute atomic E-state index is 12.6. The maximum Gasteiger partial charge on any atom is 0.307 e. The third-order valence-electron chi connectivity index (χ3n) is 4.82. The number of carbonyl (C=O) groups excluding carboxylic acids is 1. The fraction of sp³-hybridized carbons (Fsp3) is 0.353. The Morgan fingerprint density at radius 3 is 2.74 bits per heavy atom. The number of aromatic nitrogens is 1. The molecule has 0 radical (unpaired) electrons. The molecular weight excluding hydrogens is 312 g/mol. The molecule has 0 spiro atoms. The highest BCUT2D eigenvalue weighted by molar-refractivity contribution is 7.22. The van der Waals surface area contributed by atoms with Crippen LogP contribution in [0.2, 0.25) is 0 Å². The first-order valence-electron chi connectivity index (χ1n) is 7.62. The molecule has 2 aromatic rings. The van der Waals surface area contributed by atoms with Crippen LogP contribution in [0.1, 0.15) is 12.0 Å². The number of carboxylic acid groups (broad SMARTS) is 1. The summed E-state index contributed by atoms with van der Waals surface area (Å²) in [6.45, 7) is 2.01. The van der Waals surface area contributed by atoms with Gasteiger partial charge >= 0.3 is 5.97 Å². The first-order chi connectivity index (χ1) is 11.0. The number of nitrogens with one attached hydrogen (secondary N) is 1. The Bertz CT molecular complexity index is 841. The zero-order valence-electron chi connectivity index (χ0n) is 12.5. The highest BCUT2D eigenvalue weighted by Gasteiger charge is 2.51. The van der Waals surface area contributed by atoms with E-state index in [0.717, 1.165) is 22.2 Å². The van der Waals surface area contributed by atoms with Crippen LogP contribution in [-0.2, 0) is 9.59 Å². The van der Waals surface area contributed by atoms with E-state index < -0.39 is 17.8 Å². The van der Waals surface area contributed by atoms with Crippen molar-refractivity contribution in [1.82, 2.24) is 4.98 Å². The van der Waals surface area contributed by atoms with Crippen molar-refractivity contribution in [2.24, 2.45) is 23.7 Å². The van der Waals surface area contributed by atoms with Crippen molar-refractivity contribution in [2.45, 2.75) is 13.3 Å². The number of anilines is 1. The minimum Gasteiger partial charge on any atom is -0.481 e. The molecule has 2 aliphatic carbocycles. The Balaban J connectivity index is 1.59. The maximum atomic E-state index is 12.6. The van der Waals surface area contributed by atoms with Gasteiger partial charge in [-0.3, -0.25) is 9.59 Å². The largest absolute Gasteiger partial charge is 0.481 e. The van der Waals surface area contributed by atoms with Crippen molar-refractivity contribution in [3.63, 3.8) is 0 Å². The van der Waals surface area contributed by atoms with E-state index in [9.17, 15) is 14.7 Å². The van der Waals surface area contributed by atoms with Gasteiger partial charge in [-0.1, -0.05) is 29.6 Å². The lowest BCUT2D eigenvalue weighted by Crippen LogP contribution is -2.36. The highest BCUT2D eigenvalue weighted by Crippen LogP contribution is 2.48. The topological polar surface area (TPSA) is 79.3 Å². The van der Waals surface area contributed by atoms with E-state index in [1.807, 2.05) is 37.3 Å². The average Bonchev–Trinajstić information content (AvgIpc) is 3.18. The second kappa shape index (κ2) is 5.16. The van der Waals surface area contributed by atoms with Gasteiger partial charge in [-0.2, -0.15) is 0 Å². The van der Waals surface area contributed by atoms with Crippen LogP contribution in [0.3, 0.4) is 0 Å². The highest BCUT2D eigenvalue weighted by atomic mass is 32.1. The summed E-state index contributed by atoms with van der Waals surface area (Å²) < 4.78 is 1.02. The molecule has 23 heavy (non-hydrogen) atoms. The third-order valence-corrected chi connectivity index (χ3v) is 5.75. The normalized spacial score (nSPS) is 28.4. The van der Waals surface area contributed by atoms with Gasteiger partial charge in [0.05, 0.1) is 22.1 Å². The number of hydrogen-bond acceptors (Lipinski definition) is 4. The first-order valence-corrected chi connectivity index (χ1v) is 8.44. The van der Waals surface area contributed by atoms with Gasteiger partial charge in [0, 0.05) is 0 Å². The number of benzene rings is 1. The molecule has 1 heterocycles. The van der Waals surface area contributed by atoms with E-state index >= 15 is 0 Å². The molecule has 1 fully saturated rings. The number of allylic oxidation sites excluding steroid dienone is 2. The smallest absolute Gasteiger partial charge is 0.307 e. The molecule has 1 aromatic heterocycles. The number of nitrogens with zero attached hydrogens (tertiary/aromatic N) is 1. The van der Waals surface area contributed by atoms with E-state index in [1.165, 1.54) is 11.3 Å². The summed E-state index contributed by atoms with van der Waals surface area (Å²) in [5.41, 5.74) is 1.99. The molecular formula is C17H16N2O3S. The lowest BCUT2D eigenvalue weighted by Gasteiger charge is -2.23. The molecule has 2 bridgehead atoms. The summed E-state index contributed by atoms with van der Waals surface area (Å²) in [5, 5.41) is 12.8. The van der Waals surface area contributed by atoms with Crippen molar-refractivity contribution in [3.8, 4) is 0 Å². The average molecular weight is 328 g/mol. The van der Waals surface area contributed by atoms with E-state index in [4.69, 9.17) is 0 Å². The van der Waals surface area contributed by atoms with Gasteiger partial charge < -0.3 is 10.4 Å². The molecule has 0 aliphatic heterocycles. The molecule has 4 rings (SSSR count). The summed E-state index contributed by atoms with van der Waals surface area (Å²) >= 11 is 1.42. The van der Waals surface area contributed by atoms with Crippen LogP contribution >= 0.6 is 11.3 Å². The number of aryl methyl sites for hydroxylation is 1. The summed E-state index contributed by atoms with van der Waals surface area (Å²) in [7, 11) is 0. The number of aliphatic carboxylic acids is 1. The fourth-order valence-corrected chi connectivity index (χ4v) is 4.76. The van der Waals surface area contributed by atoms with E-state index in [2.05, 4.69) is 10.3 Å². The molecule has 1 aromatic carbocycles. The SMILES string of the molecule is Cc1ccc2nc(NC(=O)[C@H]3[C@@H](C(=O)O)[C@H]4C=C[C@H]3C4)sc2c1. The van der Waals surface area contributed by atoms with Gasteiger partial charge in [-0.25, -0.2) is 4.98 Å². The number of fused-ring (bicyclic) bond motifs is 3. The summed E-state index contributed by atoms with van der Waals surface area (Å²) in [6, 6.07) is 5.94. The third kappa shape index (κ3) is 2.34. The first kappa shape index (κ1) is 14.4. The number of hydrogen-bond donors (Lipinski definition) is 2. The molecule has 118 valence electrons. The van der Waals surface area contributed by atoms with Gasteiger partial charge in [-0.15, -0.1) is 0 Å². The molecule has 5 nitrogen and oxygen atoms in total. The standard InChI is InChI=1S/C17H16N2O3S/c1-8-2-5-11-12(6-8)23-17(18-11)19-15(20)13-9-3-4-10(7-9)14(13)16(21)22/h2-6,9-10,13-14H,7H2,1H3,(H,21,22)(H,18,19,20)/t9-,10-,13+,14-/m0/s1. The number of carboxylic acids is 1. The zero-order valence-corrected chi connectivity index (χ0v) is 13.3. The van der Waals surface area contributed by atoms with Gasteiger partial charge in [0.1, 0.15) is 0 Å². The molecule has 4 atom stereocenters. The minimum atomic E-state index is -0.887.